The van der Waals surface area contributed by atoms with Crippen LogP contribution in [0.15, 0.2) is 0 Å². The van der Waals surface area contributed by atoms with Crippen LogP contribution >= 0.6 is 0 Å². The average molecular weight is 659 g/mol. The monoisotopic (exact) mass is 658 g/mol. The van der Waals surface area contributed by atoms with Crippen molar-refractivity contribution in [2.75, 3.05) is 13.2 Å². The van der Waals surface area contributed by atoms with Crippen molar-refractivity contribution >= 4 is 23.8 Å². The molecule has 6 atom stereocenters. The maximum absolute atomic E-state index is 13.1. The predicted octanol–water partition coefficient (Wildman–Crippen LogP) is 3.95. The lowest BCUT2D eigenvalue weighted by atomic mass is 9.99. The molecule has 1 aliphatic rings. The molecule has 268 valence electrons. The van der Waals surface area contributed by atoms with E-state index in [4.69, 9.17) is 9.47 Å². The Kier molecular flexibility index (Phi) is 23.6. The highest BCUT2D eigenvalue weighted by atomic mass is 16.7. The van der Waals surface area contributed by atoms with Gasteiger partial charge in [0.05, 0.1) is 6.61 Å². The largest absolute Gasteiger partial charge is 0.391 e. The van der Waals surface area contributed by atoms with E-state index in [1.807, 2.05) is 0 Å². The van der Waals surface area contributed by atoms with Crippen LogP contribution in [0, 0.1) is 0 Å². The number of unbranched alkanes of at least 4 members (excludes halogenated alkanes) is 16. The standard InChI is InChI=1S/C34H62N2O10/c1-4-6-8-10-12-14-16-18-20-22-27(38)36-26(32(42)35-23-21-19-17-15-13-11-9-7-5-2)24-44-34-30(41)28(39)29(40)31(46-34)33(43)45-25(3)37/h26,28-31,34,39-41H,4-24H2,1-3H3,(H,35,42)(H,36,38)/t26-,28-,29+,30+,31-,34-/m0/s1. The van der Waals surface area contributed by atoms with Crippen LogP contribution in [0.1, 0.15) is 143 Å². The third kappa shape index (κ3) is 18.3. The Bertz CT molecular complexity index is 858. The second kappa shape index (κ2) is 25.9. The molecule has 2 amide bonds. The minimum atomic E-state index is -1.88. The summed E-state index contributed by atoms with van der Waals surface area (Å²) in [6.07, 6.45) is 11.4. The Morgan fingerprint density at radius 1 is 0.696 bits per heavy atom. The summed E-state index contributed by atoms with van der Waals surface area (Å²) in [4.78, 5) is 49.3. The normalized spacial score (nSPS) is 21.8. The van der Waals surface area contributed by atoms with E-state index in [2.05, 4.69) is 29.2 Å². The van der Waals surface area contributed by atoms with E-state index in [9.17, 15) is 34.5 Å². The van der Waals surface area contributed by atoms with Crippen molar-refractivity contribution in [2.24, 2.45) is 0 Å². The number of rotatable bonds is 26. The number of hydrogen-bond donors (Lipinski definition) is 5. The zero-order chi connectivity index (χ0) is 34.2. The molecule has 0 aromatic heterocycles. The summed E-state index contributed by atoms with van der Waals surface area (Å²) in [6.45, 7) is 5.36. The van der Waals surface area contributed by atoms with Crippen molar-refractivity contribution < 1.29 is 48.7 Å². The molecule has 0 unspecified atom stereocenters. The topological polar surface area (TPSA) is 181 Å². The third-order valence-electron chi connectivity index (χ3n) is 8.21. The molecule has 1 aliphatic heterocycles. The molecule has 1 saturated heterocycles. The average Bonchev–Trinajstić information content (AvgIpc) is 3.02. The summed E-state index contributed by atoms with van der Waals surface area (Å²) in [5, 5.41) is 36.4. The number of aliphatic hydroxyl groups excluding tert-OH is 3. The molecule has 0 saturated carbocycles. The van der Waals surface area contributed by atoms with Crippen LogP contribution in [0.5, 0.6) is 0 Å². The highest BCUT2D eigenvalue weighted by Crippen LogP contribution is 2.23. The Morgan fingerprint density at radius 3 is 1.72 bits per heavy atom. The third-order valence-corrected chi connectivity index (χ3v) is 8.21. The summed E-state index contributed by atoms with van der Waals surface area (Å²) >= 11 is 0. The molecule has 1 heterocycles. The molecular weight excluding hydrogens is 596 g/mol. The molecule has 0 aromatic carbocycles. The fourth-order valence-electron chi connectivity index (χ4n) is 5.39. The van der Waals surface area contributed by atoms with Crippen molar-refractivity contribution in [3.63, 3.8) is 0 Å². The first-order valence-electron chi connectivity index (χ1n) is 17.7. The number of hydrogen-bond acceptors (Lipinski definition) is 10. The van der Waals surface area contributed by atoms with Crippen LogP contribution in [0.2, 0.25) is 0 Å². The van der Waals surface area contributed by atoms with E-state index < -0.39 is 61.2 Å². The predicted molar refractivity (Wildman–Crippen MR) is 173 cm³/mol. The molecule has 0 radical (unpaired) electrons. The molecule has 5 N–H and O–H groups in total. The van der Waals surface area contributed by atoms with Crippen molar-refractivity contribution in [3.8, 4) is 0 Å². The summed E-state index contributed by atoms with van der Waals surface area (Å²) in [5.41, 5.74) is 0. The van der Waals surface area contributed by atoms with Gasteiger partial charge in [0.2, 0.25) is 11.8 Å². The highest BCUT2D eigenvalue weighted by Gasteiger charge is 2.48. The van der Waals surface area contributed by atoms with Gasteiger partial charge < -0.3 is 40.2 Å². The van der Waals surface area contributed by atoms with E-state index in [-0.39, 0.29) is 12.3 Å². The van der Waals surface area contributed by atoms with Gasteiger partial charge >= 0.3 is 11.9 Å². The first kappa shape index (κ1) is 41.9. The van der Waals surface area contributed by atoms with Crippen molar-refractivity contribution in [1.82, 2.24) is 10.6 Å². The first-order chi connectivity index (χ1) is 22.1. The summed E-state index contributed by atoms with van der Waals surface area (Å²) < 4.78 is 15.4. The van der Waals surface area contributed by atoms with Gasteiger partial charge in [-0.1, -0.05) is 117 Å². The van der Waals surface area contributed by atoms with Crippen LogP contribution in [-0.2, 0) is 33.4 Å². The van der Waals surface area contributed by atoms with E-state index in [1.165, 1.54) is 64.2 Å². The lowest BCUT2D eigenvalue weighted by Crippen LogP contribution is -2.61. The van der Waals surface area contributed by atoms with Crippen LogP contribution in [-0.4, -0.2) is 89.0 Å². The molecule has 1 fully saturated rings. The quantitative estimate of drug-likeness (QED) is 0.0519. The maximum atomic E-state index is 13.1. The number of aliphatic hydroxyl groups is 3. The van der Waals surface area contributed by atoms with Gasteiger partial charge in [0, 0.05) is 19.9 Å². The Balaban J connectivity index is 2.65. The van der Waals surface area contributed by atoms with Crippen molar-refractivity contribution in [2.45, 2.75) is 180 Å². The molecule has 12 heteroatoms. The number of amides is 2. The van der Waals surface area contributed by atoms with Gasteiger partial charge in [-0.3, -0.25) is 14.4 Å². The van der Waals surface area contributed by atoms with Crippen LogP contribution in [0.4, 0.5) is 0 Å². The van der Waals surface area contributed by atoms with Gasteiger partial charge in [0.1, 0.15) is 24.4 Å². The maximum Gasteiger partial charge on any atom is 0.345 e. The summed E-state index contributed by atoms with van der Waals surface area (Å²) in [7, 11) is 0. The van der Waals surface area contributed by atoms with Gasteiger partial charge in [-0.05, 0) is 12.8 Å². The second-order valence-electron chi connectivity index (χ2n) is 12.5. The van der Waals surface area contributed by atoms with E-state index in [0.29, 0.717) is 13.0 Å². The fraction of sp³-hybridized carbons (Fsp3) is 0.882. The second-order valence-corrected chi connectivity index (χ2v) is 12.5. The van der Waals surface area contributed by atoms with Gasteiger partial charge in [-0.15, -0.1) is 0 Å². The number of carbonyl (C=O) groups is 4. The minimum Gasteiger partial charge on any atom is -0.391 e. The van der Waals surface area contributed by atoms with Crippen molar-refractivity contribution in [3.05, 3.63) is 0 Å². The summed E-state index contributed by atoms with van der Waals surface area (Å²) in [6, 6.07) is -1.13. The zero-order valence-electron chi connectivity index (χ0n) is 28.5. The summed E-state index contributed by atoms with van der Waals surface area (Å²) in [5.74, 6) is -3.00. The van der Waals surface area contributed by atoms with Crippen LogP contribution in [0.25, 0.3) is 0 Å². The van der Waals surface area contributed by atoms with Crippen LogP contribution < -0.4 is 10.6 Å². The molecule has 0 bridgehead atoms. The molecule has 0 spiro atoms. The first-order valence-corrected chi connectivity index (χ1v) is 17.7. The molecular formula is C34H62N2O10. The minimum absolute atomic E-state index is 0.240. The lowest BCUT2D eigenvalue weighted by molar-refractivity contribution is -0.295. The molecule has 0 aromatic rings. The van der Waals surface area contributed by atoms with E-state index in [1.54, 1.807) is 0 Å². The Hall–Kier alpha value is -2.12. The van der Waals surface area contributed by atoms with E-state index >= 15 is 0 Å². The smallest absolute Gasteiger partial charge is 0.345 e. The SMILES string of the molecule is CCCCCCCCCCCNC(=O)[C@H](CO[C@H]1O[C@H](C(=O)OC(C)=O)[C@H](O)[C@H](O)[C@H]1O)NC(=O)CCCCCCCCCCC. The number of carbonyl (C=O) groups excluding carboxylic acids is 4. The van der Waals surface area contributed by atoms with Gasteiger partial charge in [0.25, 0.3) is 0 Å². The van der Waals surface area contributed by atoms with Gasteiger partial charge in [-0.2, -0.15) is 0 Å². The zero-order valence-corrected chi connectivity index (χ0v) is 28.5. The molecule has 12 nitrogen and oxygen atoms in total. The number of ether oxygens (including phenoxy) is 3. The molecule has 0 aliphatic carbocycles. The number of esters is 2. The van der Waals surface area contributed by atoms with E-state index in [0.717, 1.165) is 51.9 Å². The van der Waals surface area contributed by atoms with Crippen molar-refractivity contribution in [1.29, 1.82) is 0 Å². The van der Waals surface area contributed by atoms with Gasteiger partial charge in [0.15, 0.2) is 12.4 Å². The lowest BCUT2D eigenvalue weighted by Gasteiger charge is -2.39. The van der Waals surface area contributed by atoms with Gasteiger partial charge in [-0.25, -0.2) is 4.79 Å². The Morgan fingerprint density at radius 2 is 1.20 bits per heavy atom. The highest BCUT2D eigenvalue weighted by molar-refractivity contribution is 5.88. The fourth-order valence-corrected chi connectivity index (χ4v) is 5.39. The Labute approximate surface area is 275 Å². The van der Waals surface area contributed by atoms with Crippen LogP contribution in [0.3, 0.4) is 0 Å². The number of nitrogens with one attached hydrogen (secondary N) is 2. The molecule has 1 rings (SSSR count). The molecule has 46 heavy (non-hydrogen) atoms.